The van der Waals surface area contributed by atoms with Gasteiger partial charge in [-0.15, -0.1) is 10.2 Å². The van der Waals surface area contributed by atoms with Crippen LogP contribution in [0, 0.1) is 30.1 Å². The topological polar surface area (TPSA) is 162 Å². The molecule has 1 saturated carbocycles. The van der Waals surface area contributed by atoms with Gasteiger partial charge < -0.3 is 16.4 Å². The zero-order valence-electron chi connectivity index (χ0n) is 23.5. The summed E-state index contributed by atoms with van der Waals surface area (Å²) in [6.45, 7) is 2.62. The molecule has 1 fully saturated rings. The normalized spacial score (nSPS) is 17.2. The van der Waals surface area contributed by atoms with Gasteiger partial charge in [-0.2, -0.15) is 10.5 Å². The molecule has 0 radical (unpaired) electrons. The van der Waals surface area contributed by atoms with E-state index in [-0.39, 0.29) is 17.7 Å². The molecule has 1 atom stereocenters. The Kier molecular flexibility index (Phi) is 8.99. The fourth-order valence-electron chi connectivity index (χ4n) is 5.49. The number of rotatable bonds is 9. The van der Waals surface area contributed by atoms with Gasteiger partial charge in [0.05, 0.1) is 11.6 Å². The third-order valence-corrected chi connectivity index (χ3v) is 8.00. The van der Waals surface area contributed by atoms with Gasteiger partial charge in [-0.1, -0.05) is 30.3 Å². The van der Waals surface area contributed by atoms with E-state index in [1.54, 1.807) is 24.3 Å². The number of amides is 2. The molecule has 10 nitrogen and oxygen atoms in total. The molecule has 0 bridgehead atoms. The lowest BCUT2D eigenvalue weighted by Gasteiger charge is -2.28. The maximum atomic E-state index is 13.5. The average Bonchev–Trinajstić information content (AvgIpc) is 3.57. The molecule has 2 amide bonds. The predicted molar refractivity (Wildman–Crippen MR) is 160 cm³/mol. The minimum Gasteiger partial charge on any atom is -0.344 e. The van der Waals surface area contributed by atoms with E-state index in [1.807, 2.05) is 49.4 Å². The fraction of sp³-hybridized carbons (Fsp3) is 0.312. The summed E-state index contributed by atoms with van der Waals surface area (Å²) in [5.41, 5.74) is 11.8. The summed E-state index contributed by atoms with van der Waals surface area (Å²) in [6.07, 6.45) is 3.74. The Bertz CT molecular complexity index is 1550. The van der Waals surface area contributed by atoms with Gasteiger partial charge in [-0.05, 0) is 109 Å². The number of nitrogens with two attached hydrogens (primary N) is 1. The molecular formula is C32H34N8O2. The van der Waals surface area contributed by atoms with Crippen LogP contribution >= 0.6 is 0 Å². The molecule has 1 aromatic heterocycles. The molecule has 1 heterocycles. The minimum atomic E-state index is -0.760. The molecular weight excluding hydrogens is 528 g/mol. The van der Waals surface area contributed by atoms with Crippen LogP contribution in [0.5, 0.6) is 0 Å². The SMILES string of the molecule is Cc1cc(C#N)ccc1-c1ccc(C[C@H](NC(=O)C2CCC(CN)CC2)C(=O)Nc2ccc(-c3nn[nH]n3)cc2)cc1. The van der Waals surface area contributed by atoms with Crippen LogP contribution in [0.3, 0.4) is 0 Å². The molecule has 3 aromatic carbocycles. The number of nitrogens with one attached hydrogen (secondary N) is 3. The number of anilines is 1. The van der Waals surface area contributed by atoms with E-state index in [0.717, 1.165) is 53.5 Å². The highest BCUT2D eigenvalue weighted by molar-refractivity contribution is 5.97. The van der Waals surface area contributed by atoms with Gasteiger partial charge >= 0.3 is 0 Å². The highest BCUT2D eigenvalue weighted by Gasteiger charge is 2.29. The first-order chi connectivity index (χ1) is 20.4. The lowest BCUT2D eigenvalue weighted by molar-refractivity contribution is -0.130. The molecule has 0 spiro atoms. The van der Waals surface area contributed by atoms with Crippen molar-refractivity contribution in [3.8, 4) is 28.6 Å². The average molecular weight is 563 g/mol. The minimum absolute atomic E-state index is 0.0945. The van der Waals surface area contributed by atoms with Crippen LogP contribution in [0.4, 0.5) is 5.69 Å². The number of carbonyl (C=O) groups is 2. The largest absolute Gasteiger partial charge is 0.344 e. The van der Waals surface area contributed by atoms with Crippen molar-refractivity contribution in [1.82, 2.24) is 25.9 Å². The van der Waals surface area contributed by atoms with Crippen molar-refractivity contribution in [2.75, 3.05) is 11.9 Å². The van der Waals surface area contributed by atoms with Gasteiger partial charge in [0.25, 0.3) is 0 Å². The first kappa shape index (κ1) is 28.6. The van der Waals surface area contributed by atoms with E-state index >= 15 is 0 Å². The second kappa shape index (κ2) is 13.2. The molecule has 0 aliphatic heterocycles. The predicted octanol–water partition coefficient (Wildman–Crippen LogP) is 4.14. The first-order valence-electron chi connectivity index (χ1n) is 14.2. The molecule has 42 heavy (non-hydrogen) atoms. The number of nitrogens with zero attached hydrogens (tertiary/aromatic N) is 4. The first-order valence-corrected chi connectivity index (χ1v) is 14.2. The maximum absolute atomic E-state index is 13.5. The number of aromatic nitrogens is 4. The zero-order valence-corrected chi connectivity index (χ0v) is 23.5. The van der Waals surface area contributed by atoms with E-state index in [1.165, 1.54) is 0 Å². The smallest absolute Gasteiger partial charge is 0.247 e. The monoisotopic (exact) mass is 562 g/mol. The van der Waals surface area contributed by atoms with E-state index in [0.29, 0.717) is 36.0 Å². The number of H-pyrrole nitrogens is 1. The Labute approximate surface area is 244 Å². The summed E-state index contributed by atoms with van der Waals surface area (Å²) in [6, 6.07) is 22.1. The third kappa shape index (κ3) is 6.87. The van der Waals surface area contributed by atoms with Gasteiger partial charge in [0.1, 0.15) is 6.04 Å². The lowest BCUT2D eigenvalue weighted by atomic mass is 9.81. The number of hydrogen-bond donors (Lipinski definition) is 4. The quantitative estimate of drug-likeness (QED) is 0.238. The molecule has 10 heteroatoms. The van der Waals surface area contributed by atoms with E-state index in [2.05, 4.69) is 37.3 Å². The van der Waals surface area contributed by atoms with Crippen molar-refractivity contribution in [2.45, 2.75) is 45.1 Å². The molecule has 5 rings (SSSR count). The van der Waals surface area contributed by atoms with Gasteiger partial charge in [0.15, 0.2) is 0 Å². The fourth-order valence-corrected chi connectivity index (χ4v) is 5.49. The van der Waals surface area contributed by atoms with Crippen LogP contribution in [0.25, 0.3) is 22.5 Å². The highest BCUT2D eigenvalue weighted by atomic mass is 16.2. The van der Waals surface area contributed by atoms with Crippen LogP contribution < -0.4 is 16.4 Å². The van der Waals surface area contributed by atoms with Crippen LogP contribution in [-0.4, -0.2) is 45.0 Å². The number of aryl methyl sites for hydroxylation is 1. The van der Waals surface area contributed by atoms with Gasteiger partial charge in [-0.3, -0.25) is 9.59 Å². The Hall–Kier alpha value is -4.88. The molecule has 0 saturated heterocycles. The number of carbonyl (C=O) groups excluding carboxylic acids is 2. The maximum Gasteiger partial charge on any atom is 0.247 e. The molecule has 5 N–H and O–H groups in total. The number of aromatic amines is 1. The van der Waals surface area contributed by atoms with E-state index in [4.69, 9.17) is 5.73 Å². The summed E-state index contributed by atoms with van der Waals surface area (Å²) in [7, 11) is 0. The Morgan fingerprint density at radius 1 is 1.02 bits per heavy atom. The highest BCUT2D eigenvalue weighted by Crippen LogP contribution is 2.29. The number of benzene rings is 3. The molecule has 214 valence electrons. The lowest BCUT2D eigenvalue weighted by Crippen LogP contribution is -2.48. The number of nitriles is 1. The summed E-state index contributed by atoms with van der Waals surface area (Å²) < 4.78 is 0. The van der Waals surface area contributed by atoms with Crippen molar-refractivity contribution in [1.29, 1.82) is 5.26 Å². The molecule has 0 unspecified atom stereocenters. The van der Waals surface area contributed by atoms with Gasteiger partial charge in [0.2, 0.25) is 17.6 Å². The Morgan fingerprint density at radius 2 is 1.74 bits per heavy atom. The van der Waals surface area contributed by atoms with Crippen LogP contribution in [0.1, 0.15) is 42.4 Å². The van der Waals surface area contributed by atoms with Crippen molar-refractivity contribution in [3.05, 3.63) is 83.4 Å². The van der Waals surface area contributed by atoms with Gasteiger partial charge in [0, 0.05) is 23.6 Å². The van der Waals surface area contributed by atoms with Gasteiger partial charge in [-0.25, -0.2) is 0 Å². The summed E-state index contributed by atoms with van der Waals surface area (Å²) in [4.78, 5) is 26.8. The number of hydrogen-bond acceptors (Lipinski definition) is 7. The summed E-state index contributed by atoms with van der Waals surface area (Å²) in [5, 5.41) is 29.1. The van der Waals surface area contributed by atoms with Crippen LogP contribution in [-0.2, 0) is 16.0 Å². The zero-order chi connectivity index (χ0) is 29.5. The summed E-state index contributed by atoms with van der Waals surface area (Å²) >= 11 is 0. The second-order valence-electron chi connectivity index (χ2n) is 10.9. The Morgan fingerprint density at radius 3 is 2.36 bits per heavy atom. The van der Waals surface area contributed by atoms with Crippen LogP contribution in [0.2, 0.25) is 0 Å². The molecule has 1 aliphatic rings. The number of tetrazole rings is 1. The van der Waals surface area contributed by atoms with Crippen molar-refractivity contribution < 1.29 is 9.59 Å². The summed E-state index contributed by atoms with van der Waals surface area (Å²) in [5.74, 6) is 0.407. The van der Waals surface area contributed by atoms with E-state index < -0.39 is 6.04 Å². The second-order valence-corrected chi connectivity index (χ2v) is 10.9. The standard InChI is InChI=1S/C32H34N8O2/c1-20-16-23(19-34)6-15-28(20)24-7-2-21(3-8-24)17-29(36-31(41)26-9-4-22(18-33)5-10-26)32(42)35-27-13-11-25(12-14-27)30-37-39-40-38-30/h2-3,6-8,11-16,22,26,29H,4-5,9-10,17-18,33H2,1H3,(H,35,42)(H,36,41)(H,37,38,39,40)/t22?,26?,29-/m0/s1. The molecule has 1 aliphatic carbocycles. The van der Waals surface area contributed by atoms with Crippen LogP contribution in [0.15, 0.2) is 66.7 Å². The van der Waals surface area contributed by atoms with E-state index in [9.17, 15) is 14.9 Å². The van der Waals surface area contributed by atoms with Crippen molar-refractivity contribution in [2.24, 2.45) is 17.6 Å². The van der Waals surface area contributed by atoms with Crippen molar-refractivity contribution in [3.63, 3.8) is 0 Å². The van der Waals surface area contributed by atoms with Crippen molar-refractivity contribution >= 4 is 17.5 Å². The molecule has 4 aromatic rings. The third-order valence-electron chi connectivity index (χ3n) is 8.00. The Balaban J connectivity index is 1.31.